The second-order valence-corrected chi connectivity index (χ2v) is 2.59. The number of carbonyl (C=O) groups is 3. The third kappa shape index (κ3) is 4.22. The molecule has 0 radical (unpaired) electrons. The van der Waals surface area contributed by atoms with E-state index in [1.807, 2.05) is 0 Å². The van der Waals surface area contributed by atoms with E-state index in [9.17, 15) is 14.4 Å². The van der Waals surface area contributed by atoms with Gasteiger partial charge in [0.2, 0.25) is 5.91 Å². The Morgan fingerprint density at radius 2 is 2.15 bits per heavy atom. The topological polar surface area (TPSA) is 109 Å². The maximum Gasteiger partial charge on any atom is 0.326 e. The van der Waals surface area contributed by atoms with E-state index in [-0.39, 0.29) is 6.42 Å². The third-order valence-corrected chi connectivity index (χ3v) is 1.36. The Hall–Kier alpha value is -1.43. The molecule has 2 atom stereocenters. The fraction of sp³-hybridized carbons (Fsp3) is 0.571. The summed E-state index contributed by atoms with van der Waals surface area (Å²) in [6, 6.07) is -1.97. The predicted molar refractivity (Wildman–Crippen MR) is 43.9 cm³/mol. The molecule has 0 heterocycles. The van der Waals surface area contributed by atoms with Crippen molar-refractivity contribution in [2.24, 2.45) is 5.73 Å². The zero-order valence-corrected chi connectivity index (χ0v) is 7.19. The van der Waals surface area contributed by atoms with Gasteiger partial charge in [-0.1, -0.05) is 0 Å². The molecule has 0 saturated carbocycles. The van der Waals surface area contributed by atoms with E-state index in [0.29, 0.717) is 6.29 Å². The van der Waals surface area contributed by atoms with Crippen molar-refractivity contribution in [2.75, 3.05) is 0 Å². The second kappa shape index (κ2) is 5.26. The van der Waals surface area contributed by atoms with Crippen LogP contribution in [0.4, 0.5) is 0 Å². The molecule has 0 fully saturated rings. The van der Waals surface area contributed by atoms with Crippen LogP contribution in [0.25, 0.3) is 0 Å². The number of carboxylic acids is 1. The number of carboxylic acid groups (broad SMARTS) is 1. The normalized spacial score (nSPS) is 14.3. The van der Waals surface area contributed by atoms with E-state index in [1.165, 1.54) is 6.92 Å². The lowest BCUT2D eigenvalue weighted by Crippen LogP contribution is -2.47. The molecule has 6 nitrogen and oxygen atoms in total. The molecule has 0 bridgehead atoms. The van der Waals surface area contributed by atoms with Crippen molar-refractivity contribution in [2.45, 2.75) is 25.4 Å². The zero-order valence-electron chi connectivity index (χ0n) is 7.19. The van der Waals surface area contributed by atoms with Crippen LogP contribution in [0.2, 0.25) is 0 Å². The first-order chi connectivity index (χ1) is 5.99. The van der Waals surface area contributed by atoms with Crippen molar-refractivity contribution in [1.82, 2.24) is 5.32 Å². The molecule has 0 aromatic heterocycles. The van der Waals surface area contributed by atoms with Crippen LogP contribution < -0.4 is 11.1 Å². The smallest absolute Gasteiger partial charge is 0.326 e. The number of aldehydes is 1. The van der Waals surface area contributed by atoms with Crippen molar-refractivity contribution >= 4 is 18.2 Å². The van der Waals surface area contributed by atoms with Crippen LogP contribution in [0.15, 0.2) is 0 Å². The lowest BCUT2D eigenvalue weighted by molar-refractivity contribution is -0.142. The Bertz CT molecular complexity index is 215. The third-order valence-electron chi connectivity index (χ3n) is 1.36. The average molecular weight is 188 g/mol. The Labute approximate surface area is 75.1 Å². The summed E-state index contributed by atoms with van der Waals surface area (Å²) in [5.74, 6) is -1.84. The molecule has 0 rings (SSSR count). The number of hydrogen-bond acceptors (Lipinski definition) is 4. The van der Waals surface area contributed by atoms with Gasteiger partial charge in [-0.15, -0.1) is 0 Å². The fourth-order valence-electron chi connectivity index (χ4n) is 0.621. The highest BCUT2D eigenvalue weighted by molar-refractivity contribution is 5.87. The number of carbonyl (C=O) groups excluding carboxylic acids is 2. The molecule has 74 valence electrons. The standard InChI is InChI=1S/C7H12N2O4/c1-4(8)6(11)9-5(2-3-10)7(12)13/h3-5H,2,8H2,1H3,(H,9,11)(H,12,13)/t4-,5?/m0/s1. The van der Waals surface area contributed by atoms with E-state index in [1.54, 1.807) is 0 Å². The van der Waals surface area contributed by atoms with E-state index >= 15 is 0 Å². The summed E-state index contributed by atoms with van der Waals surface area (Å²) in [7, 11) is 0. The molecule has 0 aromatic rings. The first kappa shape index (κ1) is 11.6. The molecule has 0 aliphatic rings. The second-order valence-electron chi connectivity index (χ2n) is 2.59. The molecule has 1 amide bonds. The van der Waals surface area contributed by atoms with Crippen LogP contribution in [0.5, 0.6) is 0 Å². The van der Waals surface area contributed by atoms with Crippen LogP contribution in [-0.4, -0.2) is 35.4 Å². The van der Waals surface area contributed by atoms with Gasteiger partial charge in [0.15, 0.2) is 0 Å². The van der Waals surface area contributed by atoms with Gasteiger partial charge in [-0.3, -0.25) is 4.79 Å². The highest BCUT2D eigenvalue weighted by Crippen LogP contribution is 1.90. The molecule has 0 spiro atoms. The minimum Gasteiger partial charge on any atom is -0.480 e. The zero-order chi connectivity index (χ0) is 10.4. The summed E-state index contributed by atoms with van der Waals surface area (Å²) in [6.45, 7) is 1.43. The lowest BCUT2D eigenvalue weighted by atomic mass is 10.2. The van der Waals surface area contributed by atoms with Crippen molar-refractivity contribution in [3.63, 3.8) is 0 Å². The number of aliphatic carboxylic acids is 1. The number of hydrogen-bond donors (Lipinski definition) is 3. The maximum absolute atomic E-state index is 10.9. The summed E-state index contributed by atoms with van der Waals surface area (Å²) in [4.78, 5) is 31.4. The van der Waals surface area contributed by atoms with Gasteiger partial charge in [-0.25, -0.2) is 4.79 Å². The number of nitrogens with one attached hydrogen (secondary N) is 1. The first-order valence-corrected chi connectivity index (χ1v) is 3.71. The van der Waals surface area contributed by atoms with Gasteiger partial charge >= 0.3 is 5.97 Å². The minimum absolute atomic E-state index is 0.256. The van der Waals surface area contributed by atoms with E-state index < -0.39 is 24.0 Å². The first-order valence-electron chi connectivity index (χ1n) is 3.71. The molecule has 13 heavy (non-hydrogen) atoms. The van der Waals surface area contributed by atoms with Crippen LogP contribution >= 0.6 is 0 Å². The molecule has 0 aliphatic carbocycles. The molecule has 1 unspecified atom stereocenters. The largest absolute Gasteiger partial charge is 0.480 e. The van der Waals surface area contributed by atoms with Gasteiger partial charge < -0.3 is 21.0 Å². The van der Waals surface area contributed by atoms with Gasteiger partial charge in [0, 0.05) is 6.42 Å². The Balaban J connectivity index is 4.17. The van der Waals surface area contributed by atoms with Crippen molar-refractivity contribution in [1.29, 1.82) is 0 Å². The highest BCUT2D eigenvalue weighted by atomic mass is 16.4. The number of rotatable bonds is 5. The van der Waals surface area contributed by atoms with E-state index in [0.717, 1.165) is 0 Å². The summed E-state index contributed by atoms with van der Waals surface area (Å²) < 4.78 is 0. The highest BCUT2D eigenvalue weighted by Gasteiger charge is 2.20. The van der Waals surface area contributed by atoms with E-state index in [4.69, 9.17) is 10.8 Å². The van der Waals surface area contributed by atoms with Gasteiger partial charge in [0.25, 0.3) is 0 Å². The van der Waals surface area contributed by atoms with Crippen LogP contribution in [0.1, 0.15) is 13.3 Å². The summed E-state index contributed by atoms with van der Waals surface area (Å²) in [6.07, 6.45) is 0.175. The van der Waals surface area contributed by atoms with Crippen LogP contribution in [-0.2, 0) is 14.4 Å². The molecular weight excluding hydrogens is 176 g/mol. The molecule has 0 aromatic carbocycles. The maximum atomic E-state index is 10.9. The summed E-state index contributed by atoms with van der Waals surface area (Å²) in [5, 5.41) is 10.6. The lowest BCUT2D eigenvalue weighted by Gasteiger charge is -2.12. The predicted octanol–water partition coefficient (Wildman–Crippen LogP) is -1.51. The Morgan fingerprint density at radius 3 is 2.46 bits per heavy atom. The SMILES string of the molecule is C[C@H](N)C(=O)NC(CC=O)C(=O)O. The van der Waals surface area contributed by atoms with Gasteiger partial charge in [0.1, 0.15) is 12.3 Å². The van der Waals surface area contributed by atoms with Crippen molar-refractivity contribution in [3.8, 4) is 0 Å². The quantitative estimate of drug-likeness (QED) is 0.454. The Morgan fingerprint density at radius 1 is 1.62 bits per heavy atom. The fourth-order valence-corrected chi connectivity index (χ4v) is 0.621. The van der Waals surface area contributed by atoms with Crippen LogP contribution in [0.3, 0.4) is 0 Å². The van der Waals surface area contributed by atoms with Gasteiger partial charge in [-0.05, 0) is 6.92 Å². The summed E-state index contributed by atoms with van der Waals surface area (Å²) in [5.41, 5.74) is 5.19. The van der Waals surface area contributed by atoms with Crippen molar-refractivity contribution in [3.05, 3.63) is 0 Å². The monoisotopic (exact) mass is 188 g/mol. The number of amides is 1. The molecule has 0 aliphatic heterocycles. The molecule has 6 heteroatoms. The summed E-state index contributed by atoms with van der Waals surface area (Å²) >= 11 is 0. The van der Waals surface area contributed by atoms with Gasteiger partial charge in [0.05, 0.1) is 6.04 Å². The average Bonchev–Trinajstić information content (AvgIpc) is 2.03. The number of nitrogens with two attached hydrogens (primary N) is 1. The van der Waals surface area contributed by atoms with Gasteiger partial charge in [-0.2, -0.15) is 0 Å². The molecular formula is C7H12N2O4. The minimum atomic E-state index is -1.25. The molecule has 4 N–H and O–H groups in total. The van der Waals surface area contributed by atoms with E-state index in [2.05, 4.69) is 5.32 Å². The van der Waals surface area contributed by atoms with Crippen molar-refractivity contribution < 1.29 is 19.5 Å². The van der Waals surface area contributed by atoms with Crippen LogP contribution in [0, 0.1) is 0 Å². The Kier molecular flexibility index (Phi) is 4.68. The molecule has 0 saturated heterocycles.